The Morgan fingerprint density at radius 1 is 1.11 bits per heavy atom. The van der Waals surface area contributed by atoms with Crippen LogP contribution in [0.2, 0.25) is 0 Å². The molecule has 0 amide bonds. The van der Waals surface area contributed by atoms with E-state index in [1.807, 2.05) is 30.3 Å². The van der Waals surface area contributed by atoms with Crippen molar-refractivity contribution in [1.82, 2.24) is 5.43 Å². The number of anilines is 1. The smallest absolute Gasteiger partial charge is 0.127 e. The molecule has 0 spiro atoms. The molecule has 0 radical (unpaired) electrons. The van der Waals surface area contributed by atoms with Gasteiger partial charge in [0.2, 0.25) is 0 Å². The molecule has 0 aliphatic rings. The zero-order valence-corrected chi connectivity index (χ0v) is 9.78. The fourth-order valence-corrected chi connectivity index (χ4v) is 1.56. The van der Waals surface area contributed by atoms with Gasteiger partial charge in [0.1, 0.15) is 5.82 Å². The molecule has 90 valence electrons. The molecule has 2 aromatic carbocycles. The van der Waals surface area contributed by atoms with E-state index in [1.54, 1.807) is 12.1 Å². The standard InChI is InChI=1S/C15H13FN2/c1-2-12-8-9-15(16)13(10-12)11-17-18-14-6-4-3-5-7-14/h1,3-10,17-18H,11H2. The molecular weight excluding hydrogens is 227 g/mol. The average Bonchev–Trinajstić information content (AvgIpc) is 2.42. The van der Waals surface area contributed by atoms with E-state index in [1.165, 1.54) is 6.07 Å². The second-order valence-corrected chi connectivity index (χ2v) is 3.80. The maximum atomic E-state index is 13.5. The molecule has 2 rings (SSSR count). The number of rotatable bonds is 4. The van der Waals surface area contributed by atoms with Gasteiger partial charge in [0, 0.05) is 23.4 Å². The minimum absolute atomic E-state index is 0.267. The third kappa shape index (κ3) is 3.09. The monoisotopic (exact) mass is 240 g/mol. The Bertz CT molecular complexity index is 558. The topological polar surface area (TPSA) is 24.1 Å². The van der Waals surface area contributed by atoms with Crippen molar-refractivity contribution in [3.8, 4) is 12.3 Å². The molecule has 0 aliphatic heterocycles. The van der Waals surface area contributed by atoms with Crippen LogP contribution in [-0.2, 0) is 6.54 Å². The highest BCUT2D eigenvalue weighted by Crippen LogP contribution is 2.10. The van der Waals surface area contributed by atoms with Crippen LogP contribution in [0.15, 0.2) is 48.5 Å². The number of benzene rings is 2. The van der Waals surface area contributed by atoms with Crippen molar-refractivity contribution < 1.29 is 4.39 Å². The average molecular weight is 240 g/mol. The first-order chi connectivity index (χ1) is 8.79. The van der Waals surface area contributed by atoms with Crippen LogP contribution in [0.25, 0.3) is 0 Å². The van der Waals surface area contributed by atoms with Crippen molar-refractivity contribution in [3.63, 3.8) is 0 Å². The van der Waals surface area contributed by atoms with Gasteiger partial charge in [-0.05, 0) is 30.3 Å². The number of nitrogens with one attached hydrogen (secondary N) is 2. The number of terminal acetylenes is 1. The predicted octanol–water partition coefficient (Wildman–Crippen LogP) is 2.92. The van der Waals surface area contributed by atoms with Crippen LogP contribution in [0, 0.1) is 18.2 Å². The highest BCUT2D eigenvalue weighted by atomic mass is 19.1. The predicted molar refractivity (Wildman–Crippen MR) is 71.2 cm³/mol. The SMILES string of the molecule is C#Cc1ccc(F)c(CNNc2ccccc2)c1. The van der Waals surface area contributed by atoms with Gasteiger partial charge in [-0.15, -0.1) is 6.42 Å². The van der Waals surface area contributed by atoms with E-state index in [0.29, 0.717) is 17.7 Å². The normalized spacial score (nSPS) is 9.78. The summed E-state index contributed by atoms with van der Waals surface area (Å²) in [4.78, 5) is 0. The van der Waals surface area contributed by atoms with Crippen molar-refractivity contribution in [2.75, 3.05) is 5.43 Å². The lowest BCUT2D eigenvalue weighted by molar-refractivity contribution is 0.600. The van der Waals surface area contributed by atoms with Crippen LogP contribution in [0.4, 0.5) is 10.1 Å². The van der Waals surface area contributed by atoms with Gasteiger partial charge in [0.15, 0.2) is 0 Å². The molecule has 0 heterocycles. The van der Waals surface area contributed by atoms with Crippen LogP contribution in [0.5, 0.6) is 0 Å². The number of hydrazine groups is 1. The van der Waals surface area contributed by atoms with Crippen molar-refractivity contribution in [2.45, 2.75) is 6.54 Å². The molecule has 0 aromatic heterocycles. The second kappa shape index (κ2) is 5.85. The molecular formula is C15H13FN2. The first-order valence-electron chi connectivity index (χ1n) is 5.58. The fraction of sp³-hybridized carbons (Fsp3) is 0.0667. The first-order valence-corrected chi connectivity index (χ1v) is 5.58. The van der Waals surface area contributed by atoms with E-state index in [-0.39, 0.29) is 5.82 Å². The summed E-state index contributed by atoms with van der Waals surface area (Å²) in [5, 5.41) is 0. The summed E-state index contributed by atoms with van der Waals surface area (Å²) in [5.41, 5.74) is 8.07. The molecule has 0 atom stereocenters. The Morgan fingerprint density at radius 3 is 2.61 bits per heavy atom. The van der Waals surface area contributed by atoms with Gasteiger partial charge in [0.05, 0.1) is 0 Å². The fourth-order valence-electron chi connectivity index (χ4n) is 1.56. The van der Waals surface area contributed by atoms with E-state index in [0.717, 1.165) is 5.69 Å². The molecule has 2 nitrogen and oxygen atoms in total. The summed E-state index contributed by atoms with van der Waals surface area (Å²) in [5.74, 6) is 2.22. The van der Waals surface area contributed by atoms with Crippen LogP contribution in [-0.4, -0.2) is 0 Å². The van der Waals surface area contributed by atoms with Crippen molar-refractivity contribution in [1.29, 1.82) is 0 Å². The molecule has 0 unspecified atom stereocenters. The minimum atomic E-state index is -0.267. The lowest BCUT2D eigenvalue weighted by atomic mass is 10.1. The number of hydrogen-bond donors (Lipinski definition) is 2. The summed E-state index contributed by atoms with van der Waals surface area (Å²) < 4.78 is 13.5. The molecule has 0 saturated carbocycles. The van der Waals surface area contributed by atoms with Crippen LogP contribution in [0.3, 0.4) is 0 Å². The summed E-state index contributed by atoms with van der Waals surface area (Å²) in [7, 11) is 0. The number of para-hydroxylation sites is 1. The molecule has 18 heavy (non-hydrogen) atoms. The van der Waals surface area contributed by atoms with E-state index in [2.05, 4.69) is 16.8 Å². The van der Waals surface area contributed by atoms with Gasteiger partial charge in [-0.1, -0.05) is 24.1 Å². The van der Waals surface area contributed by atoms with Gasteiger partial charge in [-0.25, -0.2) is 9.82 Å². The Labute approximate surface area is 106 Å². The first kappa shape index (κ1) is 12.2. The van der Waals surface area contributed by atoms with Crippen molar-refractivity contribution in [2.24, 2.45) is 0 Å². The zero-order chi connectivity index (χ0) is 12.8. The summed E-state index contributed by atoms with van der Waals surface area (Å²) in [6.45, 7) is 0.357. The highest BCUT2D eigenvalue weighted by Gasteiger charge is 2.02. The van der Waals surface area contributed by atoms with Gasteiger partial charge >= 0.3 is 0 Å². The van der Waals surface area contributed by atoms with Crippen LogP contribution >= 0.6 is 0 Å². The van der Waals surface area contributed by atoms with E-state index in [4.69, 9.17) is 6.42 Å². The maximum absolute atomic E-state index is 13.5. The van der Waals surface area contributed by atoms with Gasteiger partial charge in [-0.2, -0.15) is 0 Å². The van der Waals surface area contributed by atoms with Gasteiger partial charge < -0.3 is 5.43 Å². The van der Waals surface area contributed by atoms with Crippen LogP contribution in [0.1, 0.15) is 11.1 Å². The Balaban J connectivity index is 1.96. The molecule has 2 N–H and O–H groups in total. The largest absolute Gasteiger partial charge is 0.321 e. The maximum Gasteiger partial charge on any atom is 0.127 e. The zero-order valence-electron chi connectivity index (χ0n) is 9.78. The third-order valence-electron chi connectivity index (χ3n) is 2.50. The molecule has 0 aliphatic carbocycles. The molecule has 0 saturated heterocycles. The minimum Gasteiger partial charge on any atom is -0.321 e. The Kier molecular flexibility index (Phi) is 3.95. The third-order valence-corrected chi connectivity index (χ3v) is 2.50. The van der Waals surface area contributed by atoms with Crippen molar-refractivity contribution >= 4 is 5.69 Å². The molecule has 3 heteroatoms. The van der Waals surface area contributed by atoms with E-state index < -0.39 is 0 Å². The van der Waals surface area contributed by atoms with Gasteiger partial charge in [-0.3, -0.25) is 0 Å². The lowest BCUT2D eigenvalue weighted by Gasteiger charge is -2.09. The van der Waals surface area contributed by atoms with Gasteiger partial charge in [0.25, 0.3) is 0 Å². The summed E-state index contributed by atoms with van der Waals surface area (Å²) in [6, 6.07) is 14.2. The lowest BCUT2D eigenvalue weighted by Crippen LogP contribution is -2.21. The molecule has 0 bridgehead atoms. The highest BCUT2D eigenvalue weighted by molar-refractivity contribution is 5.41. The van der Waals surface area contributed by atoms with Crippen LogP contribution < -0.4 is 10.9 Å². The second-order valence-electron chi connectivity index (χ2n) is 3.80. The summed E-state index contributed by atoms with van der Waals surface area (Å²) in [6.07, 6.45) is 5.28. The summed E-state index contributed by atoms with van der Waals surface area (Å²) >= 11 is 0. The number of halogens is 1. The Morgan fingerprint density at radius 2 is 1.89 bits per heavy atom. The Hall–Kier alpha value is -2.31. The number of hydrogen-bond acceptors (Lipinski definition) is 2. The van der Waals surface area contributed by atoms with Crippen molar-refractivity contribution in [3.05, 3.63) is 65.5 Å². The molecule has 2 aromatic rings. The quantitative estimate of drug-likeness (QED) is 0.634. The van der Waals surface area contributed by atoms with E-state index >= 15 is 0 Å². The van der Waals surface area contributed by atoms with E-state index in [9.17, 15) is 4.39 Å². The molecule has 0 fully saturated rings.